The average molecular weight is 486 g/mol. The normalized spacial score (nSPS) is 13.4. The number of pyridine rings is 1. The van der Waals surface area contributed by atoms with Crippen LogP contribution >= 0.6 is 0 Å². The van der Waals surface area contributed by atoms with Gasteiger partial charge < -0.3 is 19.8 Å². The van der Waals surface area contributed by atoms with Gasteiger partial charge in [0.15, 0.2) is 6.29 Å². The molecule has 1 aliphatic heterocycles. The van der Waals surface area contributed by atoms with Crippen molar-refractivity contribution < 1.29 is 22.7 Å². The van der Waals surface area contributed by atoms with E-state index in [1.54, 1.807) is 12.1 Å². The first-order valence-electron chi connectivity index (χ1n) is 11.1. The van der Waals surface area contributed by atoms with E-state index in [1.165, 1.54) is 28.7 Å². The van der Waals surface area contributed by atoms with Crippen LogP contribution in [0.1, 0.15) is 29.8 Å². The summed E-state index contributed by atoms with van der Waals surface area (Å²) < 4.78 is 38.9. The summed E-state index contributed by atoms with van der Waals surface area (Å²) >= 11 is 0. The molecule has 0 bridgehead atoms. The smallest absolute Gasteiger partial charge is 0.264 e. The van der Waals surface area contributed by atoms with Crippen molar-refractivity contribution >= 4 is 32.5 Å². The Kier molecular flexibility index (Phi) is 7.01. The Hall–Kier alpha value is -3.21. The largest absolute Gasteiger partial charge is 0.360 e. The number of ether oxygens (including phenoxy) is 2. The van der Waals surface area contributed by atoms with E-state index >= 15 is 0 Å². The first kappa shape index (κ1) is 23.9. The number of nitrogens with one attached hydrogen (secondary N) is 2. The van der Waals surface area contributed by atoms with E-state index in [0.29, 0.717) is 37.4 Å². The number of carbonyl (C=O) groups excluding carboxylic acids is 1. The van der Waals surface area contributed by atoms with Crippen LogP contribution in [0.2, 0.25) is 0 Å². The van der Waals surface area contributed by atoms with Crippen molar-refractivity contribution in [2.75, 3.05) is 30.6 Å². The van der Waals surface area contributed by atoms with E-state index in [-0.39, 0.29) is 22.4 Å². The predicted octanol–water partition coefficient (Wildman–Crippen LogP) is 2.41. The Morgan fingerprint density at radius 3 is 2.62 bits per heavy atom. The lowest BCUT2D eigenvalue weighted by Crippen LogP contribution is -2.37. The van der Waals surface area contributed by atoms with Gasteiger partial charge in [0, 0.05) is 36.9 Å². The van der Waals surface area contributed by atoms with Crippen molar-refractivity contribution in [2.24, 2.45) is 0 Å². The number of rotatable bonds is 9. The molecule has 2 N–H and O–H groups in total. The van der Waals surface area contributed by atoms with Gasteiger partial charge in [0.2, 0.25) is 5.43 Å². The molecule has 1 aromatic heterocycles. The quantitative estimate of drug-likeness (QED) is 0.450. The molecule has 2 aromatic carbocycles. The highest BCUT2D eigenvalue weighted by atomic mass is 32.2. The fourth-order valence-corrected chi connectivity index (χ4v) is 5.55. The van der Waals surface area contributed by atoms with Crippen LogP contribution in [0, 0.1) is 0 Å². The van der Waals surface area contributed by atoms with E-state index in [2.05, 4.69) is 10.3 Å². The first-order valence-corrected chi connectivity index (χ1v) is 12.6. The molecule has 0 aliphatic carbocycles. The minimum Gasteiger partial charge on any atom is -0.360 e. The first-order chi connectivity index (χ1) is 16.4. The third kappa shape index (κ3) is 4.56. The van der Waals surface area contributed by atoms with Crippen LogP contribution in [-0.4, -0.2) is 51.9 Å². The van der Waals surface area contributed by atoms with E-state index in [4.69, 9.17) is 9.47 Å². The number of fused-ring (bicyclic) bond motifs is 2. The highest BCUT2D eigenvalue weighted by Crippen LogP contribution is 2.33. The summed E-state index contributed by atoms with van der Waals surface area (Å²) in [7, 11) is -3.88. The molecule has 3 aromatic rings. The summed E-state index contributed by atoms with van der Waals surface area (Å²) in [4.78, 5) is 28.7. The van der Waals surface area contributed by atoms with Crippen molar-refractivity contribution in [3.8, 4) is 0 Å². The number of aromatic nitrogens is 1. The van der Waals surface area contributed by atoms with E-state index in [1.807, 2.05) is 26.0 Å². The number of carbonyl (C=O) groups is 1. The fraction of sp³-hybridized carbons (Fsp3) is 0.333. The second kappa shape index (κ2) is 9.96. The number of benzene rings is 2. The summed E-state index contributed by atoms with van der Waals surface area (Å²) in [6, 6.07) is 11.7. The minimum absolute atomic E-state index is 0.00693. The molecule has 1 aliphatic rings. The molecular formula is C24H27N3O6S. The molecule has 9 nitrogen and oxygen atoms in total. The van der Waals surface area contributed by atoms with Gasteiger partial charge in [-0.1, -0.05) is 18.2 Å². The maximum Gasteiger partial charge on any atom is 0.264 e. The molecule has 0 saturated heterocycles. The Morgan fingerprint density at radius 1 is 1.15 bits per heavy atom. The molecule has 0 fully saturated rings. The van der Waals surface area contributed by atoms with Gasteiger partial charge in [-0.25, -0.2) is 8.42 Å². The number of hydrogen-bond acceptors (Lipinski definition) is 6. The summed E-state index contributed by atoms with van der Waals surface area (Å²) in [5.41, 5.74) is 1.35. The maximum atomic E-state index is 13.4. The molecule has 2 heterocycles. The zero-order valence-corrected chi connectivity index (χ0v) is 19.9. The second-order valence-electron chi connectivity index (χ2n) is 7.75. The Morgan fingerprint density at radius 2 is 1.88 bits per heavy atom. The standard InChI is InChI=1S/C24H27N3O6S/c1-3-32-22(33-4-2)15-26-24(29)19-14-25-20-10-9-17(13-18(20)23(19)28)34(30,31)27-12-11-16-7-5-6-8-21(16)27/h5-10,13-14,22H,3-4,11-12,15H2,1-2H3,(H,25,28)(H,26,29). The van der Waals surface area contributed by atoms with Gasteiger partial charge >= 0.3 is 0 Å². The summed E-state index contributed by atoms with van der Waals surface area (Å²) in [6.07, 6.45) is 1.32. The van der Waals surface area contributed by atoms with Crippen LogP contribution in [0.5, 0.6) is 0 Å². The lowest BCUT2D eigenvalue weighted by atomic mass is 10.1. The van der Waals surface area contributed by atoms with Crippen molar-refractivity contribution in [1.82, 2.24) is 10.3 Å². The highest BCUT2D eigenvalue weighted by Gasteiger charge is 2.31. The van der Waals surface area contributed by atoms with Crippen LogP contribution in [0.4, 0.5) is 5.69 Å². The van der Waals surface area contributed by atoms with Gasteiger partial charge in [0.05, 0.1) is 17.1 Å². The van der Waals surface area contributed by atoms with Crippen LogP contribution in [0.15, 0.2) is 58.4 Å². The van der Waals surface area contributed by atoms with Gasteiger partial charge in [0.25, 0.3) is 15.9 Å². The van der Waals surface area contributed by atoms with Crippen LogP contribution < -0.4 is 15.1 Å². The molecule has 180 valence electrons. The number of nitrogens with zero attached hydrogens (tertiary/aromatic N) is 1. The van der Waals surface area contributed by atoms with E-state index in [9.17, 15) is 18.0 Å². The van der Waals surface area contributed by atoms with E-state index < -0.39 is 27.6 Å². The Bertz CT molecular complexity index is 1360. The van der Waals surface area contributed by atoms with Crippen LogP contribution in [-0.2, 0) is 25.9 Å². The predicted molar refractivity (Wildman–Crippen MR) is 129 cm³/mol. The average Bonchev–Trinajstić information content (AvgIpc) is 3.28. The molecule has 34 heavy (non-hydrogen) atoms. The molecule has 0 radical (unpaired) electrons. The molecular weight excluding hydrogens is 458 g/mol. The Balaban J connectivity index is 1.63. The van der Waals surface area contributed by atoms with Crippen LogP contribution in [0.3, 0.4) is 0 Å². The molecule has 4 rings (SSSR count). The zero-order chi connectivity index (χ0) is 24.3. The molecule has 0 atom stereocenters. The molecule has 0 unspecified atom stereocenters. The lowest BCUT2D eigenvalue weighted by Gasteiger charge is -2.20. The van der Waals surface area contributed by atoms with Crippen molar-refractivity contribution in [3.63, 3.8) is 0 Å². The summed E-state index contributed by atoms with van der Waals surface area (Å²) in [5, 5.41) is 2.76. The number of aromatic amines is 1. The molecule has 10 heteroatoms. The fourth-order valence-electron chi connectivity index (χ4n) is 4.02. The summed E-state index contributed by atoms with van der Waals surface area (Å²) in [5.74, 6) is -0.603. The van der Waals surface area contributed by atoms with E-state index in [0.717, 1.165) is 5.56 Å². The number of para-hydroxylation sites is 1. The number of hydrogen-bond donors (Lipinski definition) is 2. The number of H-pyrrole nitrogens is 1. The SMILES string of the molecule is CCOC(CNC(=O)c1c[nH]c2ccc(S(=O)(=O)N3CCc4ccccc43)cc2c1=O)OCC. The zero-order valence-electron chi connectivity index (χ0n) is 19.0. The number of amides is 1. The van der Waals surface area contributed by atoms with Gasteiger partial charge in [-0.15, -0.1) is 0 Å². The number of anilines is 1. The third-order valence-electron chi connectivity index (χ3n) is 5.66. The van der Waals surface area contributed by atoms with Gasteiger partial charge in [0.1, 0.15) is 5.56 Å². The van der Waals surface area contributed by atoms with Crippen molar-refractivity contribution in [3.05, 3.63) is 70.0 Å². The maximum absolute atomic E-state index is 13.4. The minimum atomic E-state index is -3.88. The van der Waals surface area contributed by atoms with Crippen molar-refractivity contribution in [1.29, 1.82) is 0 Å². The van der Waals surface area contributed by atoms with Gasteiger partial charge in [-0.2, -0.15) is 0 Å². The second-order valence-corrected chi connectivity index (χ2v) is 9.61. The topological polar surface area (TPSA) is 118 Å². The monoisotopic (exact) mass is 485 g/mol. The van der Waals surface area contributed by atoms with Crippen molar-refractivity contribution in [2.45, 2.75) is 31.5 Å². The lowest BCUT2D eigenvalue weighted by molar-refractivity contribution is -0.131. The number of sulfonamides is 1. The molecule has 1 amide bonds. The Labute approximate surface area is 197 Å². The van der Waals surface area contributed by atoms with Crippen LogP contribution in [0.25, 0.3) is 10.9 Å². The summed E-state index contributed by atoms with van der Waals surface area (Å²) in [6.45, 7) is 4.86. The molecule has 0 saturated carbocycles. The van der Waals surface area contributed by atoms with Gasteiger partial charge in [-0.3, -0.25) is 13.9 Å². The highest BCUT2D eigenvalue weighted by molar-refractivity contribution is 7.92. The van der Waals surface area contributed by atoms with Gasteiger partial charge in [-0.05, 0) is 50.1 Å². The molecule has 0 spiro atoms. The third-order valence-corrected chi connectivity index (χ3v) is 7.47.